The van der Waals surface area contributed by atoms with Crippen molar-refractivity contribution in [1.82, 2.24) is 4.98 Å². The van der Waals surface area contributed by atoms with Gasteiger partial charge in [-0.25, -0.2) is 0 Å². The van der Waals surface area contributed by atoms with E-state index in [2.05, 4.69) is 4.98 Å². The molecule has 1 aromatic heterocycles. The molecule has 0 fully saturated rings. The lowest BCUT2D eigenvalue weighted by molar-refractivity contribution is -0.142. The first kappa shape index (κ1) is 14.1. The van der Waals surface area contributed by atoms with Crippen molar-refractivity contribution in [3.8, 4) is 5.75 Å². The molecular formula is C12H15NO5. The summed E-state index contributed by atoms with van der Waals surface area (Å²) in [5, 5.41) is 0. The first-order valence-corrected chi connectivity index (χ1v) is 5.30. The van der Waals surface area contributed by atoms with E-state index in [9.17, 15) is 9.59 Å². The van der Waals surface area contributed by atoms with E-state index in [0.717, 1.165) is 0 Å². The van der Waals surface area contributed by atoms with E-state index in [-0.39, 0.29) is 6.61 Å². The van der Waals surface area contributed by atoms with E-state index in [1.807, 2.05) is 0 Å². The van der Waals surface area contributed by atoms with Crippen LogP contribution in [0, 0.1) is 6.92 Å². The summed E-state index contributed by atoms with van der Waals surface area (Å²) in [6, 6.07) is 0. The zero-order valence-electron chi connectivity index (χ0n) is 10.6. The second-order valence-corrected chi connectivity index (χ2v) is 3.60. The summed E-state index contributed by atoms with van der Waals surface area (Å²) in [5.41, 5.74) is 1.84. The monoisotopic (exact) mass is 253 g/mol. The average molecular weight is 253 g/mol. The van der Waals surface area contributed by atoms with Gasteiger partial charge in [-0.2, -0.15) is 0 Å². The Hall–Kier alpha value is -1.95. The lowest BCUT2D eigenvalue weighted by Crippen LogP contribution is -2.08. The molecule has 0 saturated heterocycles. The van der Waals surface area contributed by atoms with Crippen molar-refractivity contribution in [1.29, 1.82) is 0 Å². The molecule has 98 valence electrons. The Labute approximate surface area is 105 Å². The molecule has 1 heterocycles. The van der Waals surface area contributed by atoms with Crippen molar-refractivity contribution in [2.45, 2.75) is 27.1 Å². The molecule has 0 amide bonds. The van der Waals surface area contributed by atoms with Gasteiger partial charge in [-0.05, 0) is 6.92 Å². The van der Waals surface area contributed by atoms with E-state index < -0.39 is 5.97 Å². The first-order valence-electron chi connectivity index (χ1n) is 5.30. The van der Waals surface area contributed by atoms with Crippen molar-refractivity contribution in [3.05, 3.63) is 23.0 Å². The van der Waals surface area contributed by atoms with Crippen LogP contribution in [0.15, 0.2) is 6.20 Å². The van der Waals surface area contributed by atoms with Gasteiger partial charge in [-0.3, -0.25) is 14.6 Å². The van der Waals surface area contributed by atoms with Gasteiger partial charge >= 0.3 is 5.97 Å². The molecule has 6 nitrogen and oxygen atoms in total. The van der Waals surface area contributed by atoms with Gasteiger partial charge in [0.1, 0.15) is 6.61 Å². The molecule has 1 aromatic rings. The number of pyridine rings is 1. The number of methoxy groups -OCH3 is 1. The van der Waals surface area contributed by atoms with Gasteiger partial charge in [0.25, 0.3) is 6.47 Å². The number of aromatic nitrogens is 1. The van der Waals surface area contributed by atoms with Crippen molar-refractivity contribution in [2.24, 2.45) is 0 Å². The summed E-state index contributed by atoms with van der Waals surface area (Å²) in [4.78, 5) is 25.5. The van der Waals surface area contributed by atoms with E-state index in [0.29, 0.717) is 35.6 Å². The molecule has 0 saturated carbocycles. The molecule has 1 rings (SSSR count). The van der Waals surface area contributed by atoms with Gasteiger partial charge in [0.2, 0.25) is 0 Å². The molecule has 0 unspecified atom stereocenters. The Morgan fingerprint density at radius 2 is 2.17 bits per heavy atom. The number of carbonyl (C=O) groups excluding carboxylic acids is 2. The van der Waals surface area contributed by atoms with Crippen molar-refractivity contribution in [2.75, 3.05) is 7.11 Å². The predicted molar refractivity (Wildman–Crippen MR) is 61.8 cm³/mol. The second kappa shape index (κ2) is 6.70. The lowest BCUT2D eigenvalue weighted by atomic mass is 10.1. The third-order valence-electron chi connectivity index (χ3n) is 2.29. The molecule has 0 bridgehead atoms. The highest BCUT2D eigenvalue weighted by molar-refractivity contribution is 5.66. The largest absolute Gasteiger partial charge is 0.461 e. The molecule has 0 aliphatic rings. The zero-order chi connectivity index (χ0) is 13.5. The average Bonchev–Trinajstić information content (AvgIpc) is 2.32. The van der Waals surface area contributed by atoms with Gasteiger partial charge in [-0.15, -0.1) is 0 Å². The number of hydrogen-bond donors (Lipinski definition) is 0. The van der Waals surface area contributed by atoms with Crippen molar-refractivity contribution in [3.63, 3.8) is 0 Å². The van der Waals surface area contributed by atoms with Crippen LogP contribution in [-0.4, -0.2) is 24.5 Å². The molecule has 0 spiro atoms. The maximum Gasteiger partial charge on any atom is 0.302 e. The molecular weight excluding hydrogens is 238 g/mol. The van der Waals surface area contributed by atoms with E-state index in [1.165, 1.54) is 14.0 Å². The molecule has 0 aliphatic heterocycles. The maximum atomic E-state index is 10.9. The minimum atomic E-state index is -0.412. The van der Waals surface area contributed by atoms with Crippen LogP contribution in [-0.2, 0) is 32.3 Å². The maximum absolute atomic E-state index is 10.9. The van der Waals surface area contributed by atoms with E-state index >= 15 is 0 Å². The van der Waals surface area contributed by atoms with Gasteiger partial charge in [-0.1, -0.05) is 0 Å². The van der Waals surface area contributed by atoms with Crippen LogP contribution in [0.25, 0.3) is 0 Å². The van der Waals surface area contributed by atoms with Crippen LogP contribution in [0.1, 0.15) is 23.7 Å². The number of nitrogens with zero attached hydrogens (tertiary/aromatic N) is 1. The van der Waals surface area contributed by atoms with Crippen LogP contribution in [0.4, 0.5) is 0 Å². The summed E-state index contributed by atoms with van der Waals surface area (Å²) in [6.07, 6.45) is 1.61. The molecule has 0 radical (unpaired) electrons. The zero-order valence-corrected chi connectivity index (χ0v) is 10.6. The highest BCUT2D eigenvalue weighted by atomic mass is 16.5. The van der Waals surface area contributed by atoms with Gasteiger partial charge < -0.3 is 14.2 Å². The van der Waals surface area contributed by atoms with Crippen LogP contribution >= 0.6 is 0 Å². The van der Waals surface area contributed by atoms with Gasteiger partial charge in [0.15, 0.2) is 5.75 Å². The predicted octanol–water partition coefficient (Wildman–Crippen LogP) is 1.13. The highest BCUT2D eigenvalue weighted by Gasteiger charge is 2.15. The summed E-state index contributed by atoms with van der Waals surface area (Å²) >= 11 is 0. The topological polar surface area (TPSA) is 74.7 Å². The number of esters is 1. The van der Waals surface area contributed by atoms with E-state index in [1.54, 1.807) is 13.1 Å². The summed E-state index contributed by atoms with van der Waals surface area (Å²) in [5.74, 6) is -0.106. The normalized spacial score (nSPS) is 9.94. The third-order valence-corrected chi connectivity index (χ3v) is 2.29. The Bertz CT molecular complexity index is 444. The molecule has 6 heteroatoms. The quantitative estimate of drug-likeness (QED) is 0.559. The number of carbonyl (C=O) groups is 2. The number of aryl methyl sites for hydroxylation is 1. The Morgan fingerprint density at radius 1 is 1.44 bits per heavy atom. The fourth-order valence-corrected chi connectivity index (χ4v) is 1.49. The lowest BCUT2D eigenvalue weighted by Gasteiger charge is -2.14. The number of ether oxygens (including phenoxy) is 3. The van der Waals surface area contributed by atoms with Crippen LogP contribution in [0.3, 0.4) is 0 Å². The highest BCUT2D eigenvalue weighted by Crippen LogP contribution is 2.26. The smallest absolute Gasteiger partial charge is 0.302 e. The Kier molecular flexibility index (Phi) is 5.26. The third kappa shape index (κ3) is 3.53. The summed E-state index contributed by atoms with van der Waals surface area (Å²) in [6.45, 7) is 3.63. The summed E-state index contributed by atoms with van der Waals surface area (Å²) < 4.78 is 14.9. The fourth-order valence-electron chi connectivity index (χ4n) is 1.49. The number of rotatable bonds is 6. The summed E-state index contributed by atoms with van der Waals surface area (Å²) in [7, 11) is 1.54. The molecule has 0 N–H and O–H groups in total. The van der Waals surface area contributed by atoms with Crippen LogP contribution in [0.5, 0.6) is 5.75 Å². The van der Waals surface area contributed by atoms with Gasteiger partial charge in [0, 0.05) is 31.4 Å². The first-order chi connectivity index (χ1) is 8.60. The van der Waals surface area contributed by atoms with Crippen LogP contribution < -0.4 is 4.74 Å². The molecule has 0 aliphatic carbocycles. The molecule has 0 aromatic carbocycles. The fraction of sp³-hybridized carbons (Fsp3) is 0.417. The molecule has 18 heavy (non-hydrogen) atoms. The minimum Gasteiger partial charge on any atom is -0.461 e. The standard InChI is InChI=1S/C12H15NO5/c1-8-12(18-7-14)11(6-17-9(2)15)10(4-13-8)5-16-3/h4,7H,5-6H2,1-3H3. The SMILES string of the molecule is COCc1cnc(C)c(OC=O)c1COC(C)=O. The van der Waals surface area contributed by atoms with Crippen molar-refractivity contribution >= 4 is 12.4 Å². The van der Waals surface area contributed by atoms with Crippen molar-refractivity contribution < 1.29 is 23.8 Å². The minimum absolute atomic E-state index is 0.0144. The molecule has 0 atom stereocenters. The van der Waals surface area contributed by atoms with Crippen LogP contribution in [0.2, 0.25) is 0 Å². The second-order valence-electron chi connectivity index (χ2n) is 3.60. The Balaban J connectivity index is 3.14. The van der Waals surface area contributed by atoms with E-state index in [4.69, 9.17) is 14.2 Å². The Morgan fingerprint density at radius 3 is 2.72 bits per heavy atom. The number of hydrogen-bond acceptors (Lipinski definition) is 6. The van der Waals surface area contributed by atoms with Gasteiger partial charge in [0.05, 0.1) is 12.3 Å².